The number of hydrogen-bond donors (Lipinski definition) is 2. The quantitative estimate of drug-likeness (QED) is 0.613. The van der Waals surface area contributed by atoms with Gasteiger partial charge in [0.25, 0.3) is 16.8 Å². The SMILES string of the molecule is O=C(Nc1cccc(F)c1)c1ccc(CNc2c(N3CCCCC3)c(=O)c2=O)cc1. The van der Waals surface area contributed by atoms with Crippen LogP contribution in [-0.2, 0) is 6.54 Å². The van der Waals surface area contributed by atoms with E-state index in [9.17, 15) is 18.8 Å². The van der Waals surface area contributed by atoms with Gasteiger partial charge in [-0.3, -0.25) is 14.4 Å². The van der Waals surface area contributed by atoms with Gasteiger partial charge in [0.15, 0.2) is 0 Å². The van der Waals surface area contributed by atoms with Crippen molar-refractivity contribution in [2.45, 2.75) is 25.8 Å². The predicted octanol–water partition coefficient (Wildman–Crippen LogP) is 3.28. The largest absolute Gasteiger partial charge is 0.376 e. The molecule has 1 amide bonds. The van der Waals surface area contributed by atoms with Crippen LogP contribution >= 0.6 is 0 Å². The summed E-state index contributed by atoms with van der Waals surface area (Å²) in [6, 6.07) is 12.6. The van der Waals surface area contributed by atoms with Gasteiger partial charge in [0.05, 0.1) is 0 Å². The number of nitrogens with one attached hydrogen (secondary N) is 2. The summed E-state index contributed by atoms with van der Waals surface area (Å²) in [4.78, 5) is 38.3. The van der Waals surface area contributed by atoms with E-state index >= 15 is 0 Å². The molecule has 4 rings (SSSR count). The molecule has 0 unspecified atom stereocenters. The standard InChI is InChI=1S/C23H22FN3O3/c24-17-5-4-6-18(13-17)26-23(30)16-9-7-15(8-10-16)14-25-19-20(22(29)21(19)28)27-11-2-1-3-12-27/h4-10,13,25H,1-3,11-12,14H2,(H,26,30). The second-order valence-electron chi connectivity index (χ2n) is 7.44. The molecule has 1 heterocycles. The molecule has 2 N–H and O–H groups in total. The van der Waals surface area contributed by atoms with Gasteiger partial charge in [-0.15, -0.1) is 0 Å². The first kappa shape index (κ1) is 19.8. The first-order valence-electron chi connectivity index (χ1n) is 10.0. The Hall–Kier alpha value is -3.48. The Morgan fingerprint density at radius 2 is 1.70 bits per heavy atom. The lowest BCUT2D eigenvalue weighted by Gasteiger charge is -2.30. The molecule has 1 fully saturated rings. The third kappa shape index (κ3) is 4.10. The van der Waals surface area contributed by atoms with Gasteiger partial charge in [0, 0.05) is 30.9 Å². The summed E-state index contributed by atoms with van der Waals surface area (Å²) in [5.74, 6) is -0.758. The van der Waals surface area contributed by atoms with Crippen LogP contribution in [0.5, 0.6) is 0 Å². The Morgan fingerprint density at radius 1 is 0.967 bits per heavy atom. The molecule has 30 heavy (non-hydrogen) atoms. The number of carbonyl (C=O) groups excluding carboxylic acids is 1. The normalized spacial score (nSPS) is 14.0. The molecule has 0 spiro atoms. The van der Waals surface area contributed by atoms with E-state index in [1.165, 1.54) is 18.2 Å². The summed E-state index contributed by atoms with van der Waals surface area (Å²) in [6.45, 7) is 1.97. The smallest absolute Gasteiger partial charge is 0.255 e. The molecule has 0 atom stereocenters. The summed E-state index contributed by atoms with van der Waals surface area (Å²) >= 11 is 0. The molecule has 0 aromatic heterocycles. The van der Waals surface area contributed by atoms with E-state index in [2.05, 4.69) is 10.6 Å². The molecule has 1 saturated heterocycles. The first-order chi connectivity index (χ1) is 14.5. The molecule has 3 aromatic carbocycles. The van der Waals surface area contributed by atoms with Crippen molar-refractivity contribution in [2.75, 3.05) is 28.6 Å². The lowest BCUT2D eigenvalue weighted by atomic mass is 10.1. The Labute approximate surface area is 173 Å². The molecule has 154 valence electrons. The molecule has 1 aliphatic heterocycles. The van der Waals surface area contributed by atoms with Crippen LogP contribution in [-0.4, -0.2) is 19.0 Å². The maximum absolute atomic E-state index is 13.2. The molecular formula is C23H22FN3O3. The molecular weight excluding hydrogens is 385 g/mol. The zero-order valence-electron chi connectivity index (χ0n) is 16.4. The summed E-state index contributed by atoms with van der Waals surface area (Å²) < 4.78 is 13.2. The fourth-order valence-electron chi connectivity index (χ4n) is 3.70. The average Bonchev–Trinajstić information content (AvgIpc) is 2.77. The van der Waals surface area contributed by atoms with Gasteiger partial charge in [-0.2, -0.15) is 0 Å². The van der Waals surface area contributed by atoms with E-state index < -0.39 is 16.7 Å². The monoisotopic (exact) mass is 407 g/mol. The van der Waals surface area contributed by atoms with Gasteiger partial charge in [-0.05, 0) is 55.2 Å². The van der Waals surface area contributed by atoms with Crippen LogP contribution in [0.1, 0.15) is 35.2 Å². The highest BCUT2D eigenvalue weighted by atomic mass is 19.1. The minimum absolute atomic E-state index is 0.338. The highest BCUT2D eigenvalue weighted by Crippen LogP contribution is 2.24. The van der Waals surface area contributed by atoms with Gasteiger partial charge < -0.3 is 15.5 Å². The molecule has 7 heteroatoms. The lowest BCUT2D eigenvalue weighted by molar-refractivity contribution is 0.102. The van der Waals surface area contributed by atoms with Crippen molar-refractivity contribution in [3.63, 3.8) is 0 Å². The third-order valence-corrected chi connectivity index (χ3v) is 5.33. The van der Waals surface area contributed by atoms with Crippen molar-refractivity contribution in [3.8, 4) is 0 Å². The highest BCUT2D eigenvalue weighted by molar-refractivity contribution is 6.04. The summed E-state index contributed by atoms with van der Waals surface area (Å²) in [5.41, 5.74) is 1.70. The van der Waals surface area contributed by atoms with Crippen molar-refractivity contribution in [1.82, 2.24) is 0 Å². The third-order valence-electron chi connectivity index (χ3n) is 5.33. The maximum Gasteiger partial charge on any atom is 0.255 e. The zero-order valence-corrected chi connectivity index (χ0v) is 16.4. The minimum atomic E-state index is -0.471. The predicted molar refractivity (Wildman–Crippen MR) is 116 cm³/mol. The van der Waals surface area contributed by atoms with E-state index in [1.54, 1.807) is 30.3 Å². The average molecular weight is 407 g/mol. The van der Waals surface area contributed by atoms with Gasteiger partial charge >= 0.3 is 0 Å². The van der Waals surface area contributed by atoms with Gasteiger partial charge in [-0.1, -0.05) is 18.2 Å². The van der Waals surface area contributed by atoms with Crippen molar-refractivity contribution in [1.29, 1.82) is 0 Å². The van der Waals surface area contributed by atoms with E-state index in [-0.39, 0.29) is 5.91 Å². The Morgan fingerprint density at radius 3 is 2.40 bits per heavy atom. The molecule has 3 aromatic rings. The number of amides is 1. The summed E-state index contributed by atoms with van der Waals surface area (Å²) in [7, 11) is 0. The number of hydrogen-bond acceptors (Lipinski definition) is 5. The summed E-state index contributed by atoms with van der Waals surface area (Å²) in [5, 5.41) is 5.73. The number of carbonyl (C=O) groups is 1. The Balaban J connectivity index is 1.39. The molecule has 0 bridgehead atoms. The number of nitrogens with zero attached hydrogens (tertiary/aromatic N) is 1. The zero-order chi connectivity index (χ0) is 21.1. The van der Waals surface area contributed by atoms with E-state index in [1.807, 2.05) is 4.90 Å². The molecule has 6 nitrogen and oxygen atoms in total. The van der Waals surface area contributed by atoms with Crippen LogP contribution in [0.15, 0.2) is 58.1 Å². The van der Waals surface area contributed by atoms with E-state index in [4.69, 9.17) is 0 Å². The molecule has 0 radical (unpaired) electrons. The lowest BCUT2D eigenvalue weighted by Crippen LogP contribution is -2.44. The van der Waals surface area contributed by atoms with Crippen molar-refractivity contribution in [2.24, 2.45) is 0 Å². The Bertz CT molecular complexity index is 1130. The van der Waals surface area contributed by atoms with Gasteiger partial charge in [0.2, 0.25) is 0 Å². The van der Waals surface area contributed by atoms with Gasteiger partial charge in [0.1, 0.15) is 17.2 Å². The van der Waals surface area contributed by atoms with Crippen LogP contribution in [0.25, 0.3) is 0 Å². The van der Waals surface area contributed by atoms with E-state index in [0.717, 1.165) is 37.9 Å². The van der Waals surface area contributed by atoms with Crippen molar-refractivity contribution < 1.29 is 9.18 Å². The number of piperidine rings is 1. The van der Waals surface area contributed by atoms with E-state index in [0.29, 0.717) is 29.2 Å². The highest BCUT2D eigenvalue weighted by Gasteiger charge is 2.26. The van der Waals surface area contributed by atoms with Crippen LogP contribution in [0.3, 0.4) is 0 Å². The van der Waals surface area contributed by atoms with Crippen molar-refractivity contribution in [3.05, 3.63) is 85.9 Å². The van der Waals surface area contributed by atoms with Crippen LogP contribution in [0.4, 0.5) is 21.5 Å². The molecule has 1 aliphatic rings. The minimum Gasteiger partial charge on any atom is -0.376 e. The fraction of sp³-hybridized carbons (Fsp3) is 0.261. The van der Waals surface area contributed by atoms with Crippen LogP contribution in [0.2, 0.25) is 0 Å². The van der Waals surface area contributed by atoms with Crippen molar-refractivity contribution >= 4 is 23.0 Å². The maximum atomic E-state index is 13.2. The number of rotatable bonds is 6. The second kappa shape index (κ2) is 8.49. The fourth-order valence-corrected chi connectivity index (χ4v) is 3.70. The Kier molecular flexibility index (Phi) is 5.61. The van der Waals surface area contributed by atoms with Gasteiger partial charge in [-0.25, -0.2) is 4.39 Å². The van der Waals surface area contributed by atoms with Crippen LogP contribution < -0.4 is 26.4 Å². The molecule has 0 saturated carbocycles. The summed E-state index contributed by atoms with van der Waals surface area (Å²) in [6.07, 6.45) is 3.20. The number of benzene rings is 2. The number of halogens is 1. The second-order valence-corrected chi connectivity index (χ2v) is 7.44. The van der Waals surface area contributed by atoms with Crippen LogP contribution in [0, 0.1) is 5.82 Å². The molecule has 0 aliphatic carbocycles. The topological polar surface area (TPSA) is 78.5 Å². The first-order valence-corrected chi connectivity index (χ1v) is 10.0. The number of anilines is 3.